The van der Waals surface area contributed by atoms with Crippen molar-refractivity contribution in [3.05, 3.63) is 11.8 Å². The number of nitrogens with two attached hydrogens (primary N) is 1. The van der Waals surface area contributed by atoms with Crippen LogP contribution in [-0.4, -0.2) is 49.7 Å². The highest BCUT2D eigenvalue weighted by atomic mass is 16.6. The zero-order chi connectivity index (χ0) is 14.0. The molecule has 0 aromatic carbocycles. The molecule has 1 saturated heterocycles. The van der Waals surface area contributed by atoms with E-state index < -0.39 is 24.5 Å². The van der Waals surface area contributed by atoms with Crippen molar-refractivity contribution in [3.8, 4) is 6.01 Å². The maximum Gasteiger partial charge on any atom is 0.320 e. The van der Waals surface area contributed by atoms with Crippen molar-refractivity contribution in [2.24, 2.45) is 0 Å². The summed E-state index contributed by atoms with van der Waals surface area (Å²) >= 11 is 0. The average Bonchev–Trinajstić information content (AvgIpc) is 2.89. The number of nitrogen functional groups attached to an aromatic ring is 1. The highest BCUT2D eigenvalue weighted by Gasteiger charge is 2.45. The number of aromatic nitrogens is 3. The molecule has 0 aliphatic carbocycles. The molecule has 2 aromatic heterocycles. The summed E-state index contributed by atoms with van der Waals surface area (Å²) in [6, 6.07) is 1.97. The van der Waals surface area contributed by atoms with Gasteiger partial charge in [0.15, 0.2) is 11.9 Å². The molecule has 4 heterocycles. The van der Waals surface area contributed by atoms with E-state index in [0.29, 0.717) is 16.9 Å². The molecule has 4 unspecified atom stereocenters. The number of hydrogen-bond acceptors (Lipinski definition) is 7. The van der Waals surface area contributed by atoms with E-state index in [1.54, 1.807) is 4.57 Å². The van der Waals surface area contributed by atoms with Crippen LogP contribution in [-0.2, 0) is 4.74 Å². The van der Waals surface area contributed by atoms with Gasteiger partial charge in [-0.1, -0.05) is 0 Å². The quantitative estimate of drug-likeness (QED) is 0.585. The topological polar surface area (TPSA) is 116 Å². The first-order valence-corrected chi connectivity index (χ1v) is 6.35. The summed E-state index contributed by atoms with van der Waals surface area (Å²) < 4.78 is 12.8. The van der Waals surface area contributed by atoms with Crippen molar-refractivity contribution in [2.45, 2.75) is 31.5 Å². The zero-order valence-corrected chi connectivity index (χ0v) is 10.7. The van der Waals surface area contributed by atoms with Crippen LogP contribution < -0.4 is 10.5 Å². The zero-order valence-electron chi connectivity index (χ0n) is 10.7. The Labute approximate surface area is 113 Å². The summed E-state index contributed by atoms with van der Waals surface area (Å²) in [5.41, 5.74) is 7.26. The Morgan fingerprint density at radius 3 is 2.95 bits per heavy atom. The first kappa shape index (κ1) is 11.9. The Bertz CT molecular complexity index is 700. The fourth-order valence-corrected chi connectivity index (χ4v) is 2.84. The van der Waals surface area contributed by atoms with Gasteiger partial charge in [0.05, 0.1) is 5.39 Å². The molecule has 8 nitrogen and oxygen atoms in total. The number of ether oxygens (including phenoxy) is 2. The van der Waals surface area contributed by atoms with Crippen LogP contribution in [0.3, 0.4) is 0 Å². The van der Waals surface area contributed by atoms with Gasteiger partial charge in [0.25, 0.3) is 0 Å². The first-order valence-electron chi connectivity index (χ1n) is 6.35. The molecule has 4 rings (SSSR count). The Morgan fingerprint density at radius 2 is 2.15 bits per heavy atom. The number of rotatable bonds is 0. The predicted octanol–water partition coefficient (Wildman–Crippen LogP) is -0.666. The lowest BCUT2D eigenvalue weighted by atomic mass is 10.1. The van der Waals surface area contributed by atoms with Crippen LogP contribution in [0.2, 0.25) is 0 Å². The fourth-order valence-electron chi connectivity index (χ4n) is 2.84. The Hall–Kier alpha value is -1.90. The SMILES string of the molecule is Cc1cc2c(N)nc3nc2n1C1OC(CO3)C(O)C1O. The summed E-state index contributed by atoms with van der Waals surface area (Å²) in [6.45, 7) is 1.92. The van der Waals surface area contributed by atoms with Crippen molar-refractivity contribution >= 4 is 16.9 Å². The lowest BCUT2D eigenvalue weighted by molar-refractivity contribution is -0.0470. The molecule has 0 radical (unpaired) electrons. The van der Waals surface area contributed by atoms with Gasteiger partial charge in [-0.2, -0.15) is 9.97 Å². The number of aryl methyl sites for hydroxylation is 1. The molecule has 106 valence electrons. The molecule has 4 N–H and O–H groups in total. The molecule has 2 aromatic rings. The molecule has 0 saturated carbocycles. The van der Waals surface area contributed by atoms with Crippen molar-refractivity contribution in [3.63, 3.8) is 0 Å². The van der Waals surface area contributed by atoms with E-state index in [4.69, 9.17) is 15.2 Å². The van der Waals surface area contributed by atoms with Crippen LogP contribution in [0.1, 0.15) is 11.9 Å². The standard InChI is InChI=1S/C12H14N4O4/c1-4-2-5-9(13)14-12-15-10(5)16(4)11-8(18)7(17)6(20-11)3-19-12/h2,6-8,11,17-18H,3H2,1H3,(H2,13,14,15). The van der Waals surface area contributed by atoms with Gasteiger partial charge in [-0.15, -0.1) is 0 Å². The van der Waals surface area contributed by atoms with Crippen LogP contribution in [0.4, 0.5) is 5.82 Å². The second-order valence-corrected chi connectivity index (χ2v) is 5.14. The van der Waals surface area contributed by atoms with Crippen molar-refractivity contribution in [1.29, 1.82) is 0 Å². The number of aliphatic hydroxyl groups excluding tert-OH is 2. The van der Waals surface area contributed by atoms with E-state index in [-0.39, 0.29) is 12.6 Å². The van der Waals surface area contributed by atoms with Gasteiger partial charge in [0, 0.05) is 5.69 Å². The first-order chi connectivity index (χ1) is 9.56. The summed E-state index contributed by atoms with van der Waals surface area (Å²) in [7, 11) is 0. The number of hydrogen-bond donors (Lipinski definition) is 3. The van der Waals surface area contributed by atoms with Crippen molar-refractivity contribution in [2.75, 3.05) is 12.3 Å². The molecular weight excluding hydrogens is 264 g/mol. The predicted molar refractivity (Wildman–Crippen MR) is 68.1 cm³/mol. The molecule has 0 amide bonds. The largest absolute Gasteiger partial charge is 0.460 e. The average molecular weight is 278 g/mol. The third-order valence-corrected chi connectivity index (χ3v) is 3.86. The van der Waals surface area contributed by atoms with Gasteiger partial charge in [0.1, 0.15) is 30.7 Å². The van der Waals surface area contributed by atoms with Crippen molar-refractivity contribution < 1.29 is 19.7 Å². The number of anilines is 1. The number of aliphatic hydroxyl groups is 2. The summed E-state index contributed by atoms with van der Waals surface area (Å²) in [5.74, 6) is 0.319. The highest BCUT2D eigenvalue weighted by molar-refractivity contribution is 5.87. The summed E-state index contributed by atoms with van der Waals surface area (Å²) in [4.78, 5) is 8.39. The van der Waals surface area contributed by atoms with E-state index in [1.165, 1.54) is 0 Å². The van der Waals surface area contributed by atoms with Gasteiger partial charge in [-0.05, 0) is 13.0 Å². The lowest BCUT2D eigenvalue weighted by Gasteiger charge is -2.19. The Morgan fingerprint density at radius 1 is 1.35 bits per heavy atom. The minimum absolute atomic E-state index is 0.0591. The van der Waals surface area contributed by atoms with Crippen LogP contribution >= 0.6 is 0 Å². The third-order valence-electron chi connectivity index (χ3n) is 3.86. The molecule has 1 fully saturated rings. The molecule has 0 spiro atoms. The van der Waals surface area contributed by atoms with E-state index in [0.717, 1.165) is 5.69 Å². The molecule has 8 heteroatoms. The smallest absolute Gasteiger partial charge is 0.320 e. The maximum atomic E-state index is 10.2. The molecule has 4 bridgehead atoms. The van der Waals surface area contributed by atoms with Crippen molar-refractivity contribution in [1.82, 2.24) is 14.5 Å². The normalized spacial score (nSPS) is 31.9. The summed E-state index contributed by atoms with van der Waals surface area (Å²) in [5, 5.41) is 20.9. The number of nitrogens with zero attached hydrogens (tertiary/aromatic N) is 3. The van der Waals surface area contributed by atoms with Crippen LogP contribution in [0, 0.1) is 6.92 Å². The highest BCUT2D eigenvalue weighted by Crippen LogP contribution is 2.36. The Balaban J connectivity index is 2.02. The van der Waals surface area contributed by atoms with Gasteiger partial charge in [-0.25, -0.2) is 0 Å². The fraction of sp³-hybridized carbons (Fsp3) is 0.500. The molecular formula is C12H14N4O4. The van der Waals surface area contributed by atoms with Gasteiger partial charge >= 0.3 is 6.01 Å². The Kier molecular flexibility index (Phi) is 2.27. The minimum atomic E-state index is -1.05. The van der Waals surface area contributed by atoms with Gasteiger partial charge in [0.2, 0.25) is 0 Å². The monoisotopic (exact) mass is 278 g/mol. The molecule has 4 atom stereocenters. The van der Waals surface area contributed by atoms with E-state index in [9.17, 15) is 10.2 Å². The third kappa shape index (κ3) is 1.41. The van der Waals surface area contributed by atoms with Gasteiger partial charge in [-0.3, -0.25) is 0 Å². The van der Waals surface area contributed by atoms with E-state index >= 15 is 0 Å². The molecule has 20 heavy (non-hydrogen) atoms. The second kappa shape index (κ2) is 3.81. The van der Waals surface area contributed by atoms with Gasteiger partial charge < -0.3 is 30.0 Å². The minimum Gasteiger partial charge on any atom is -0.460 e. The van der Waals surface area contributed by atoms with E-state index in [1.807, 2.05) is 13.0 Å². The van der Waals surface area contributed by atoms with Crippen LogP contribution in [0.15, 0.2) is 6.07 Å². The van der Waals surface area contributed by atoms with Crippen LogP contribution in [0.25, 0.3) is 11.0 Å². The second-order valence-electron chi connectivity index (χ2n) is 5.14. The summed E-state index contributed by atoms with van der Waals surface area (Å²) in [6.07, 6.45) is -3.41. The molecule has 2 aliphatic rings. The number of fused-ring (bicyclic) bond motifs is 4. The lowest BCUT2D eigenvalue weighted by Crippen LogP contribution is -2.35. The van der Waals surface area contributed by atoms with Crippen LogP contribution in [0.5, 0.6) is 6.01 Å². The molecule has 2 aliphatic heterocycles. The van der Waals surface area contributed by atoms with E-state index in [2.05, 4.69) is 9.97 Å². The maximum absolute atomic E-state index is 10.2.